The first kappa shape index (κ1) is 17.9. The smallest absolute Gasteiger partial charge is 0.306 e. The van der Waals surface area contributed by atoms with Gasteiger partial charge in [0.2, 0.25) is 0 Å². The van der Waals surface area contributed by atoms with E-state index in [1.165, 1.54) is 30.4 Å². The van der Waals surface area contributed by atoms with Crippen molar-refractivity contribution < 1.29 is 14.6 Å². The lowest BCUT2D eigenvalue weighted by molar-refractivity contribution is -0.157. The zero-order valence-corrected chi connectivity index (χ0v) is 16.2. The van der Waals surface area contributed by atoms with Crippen molar-refractivity contribution >= 4 is 5.97 Å². The topological polar surface area (TPSA) is 46.5 Å². The molecule has 142 valence electrons. The van der Waals surface area contributed by atoms with Crippen LogP contribution < -0.4 is 0 Å². The molecule has 3 aliphatic carbocycles. The van der Waals surface area contributed by atoms with Gasteiger partial charge in [0.1, 0.15) is 11.9 Å². The van der Waals surface area contributed by atoms with Crippen molar-refractivity contribution in [1.29, 1.82) is 0 Å². The number of hydrogen-bond donors (Lipinski definition) is 1. The Morgan fingerprint density at radius 3 is 2.92 bits per heavy atom. The van der Waals surface area contributed by atoms with Crippen molar-refractivity contribution in [3.8, 4) is 5.75 Å². The van der Waals surface area contributed by atoms with Crippen molar-refractivity contribution in [2.75, 3.05) is 0 Å². The van der Waals surface area contributed by atoms with Crippen molar-refractivity contribution in [3.05, 3.63) is 29.3 Å². The predicted octanol–water partition coefficient (Wildman–Crippen LogP) is 5.35. The number of esters is 1. The van der Waals surface area contributed by atoms with Crippen LogP contribution in [0.5, 0.6) is 5.75 Å². The highest BCUT2D eigenvalue weighted by molar-refractivity contribution is 5.69. The molecule has 2 saturated carbocycles. The Balaban J connectivity index is 1.51. The molecule has 0 radical (unpaired) electrons. The zero-order valence-electron chi connectivity index (χ0n) is 16.2. The van der Waals surface area contributed by atoms with Gasteiger partial charge in [-0.25, -0.2) is 0 Å². The number of carbonyl (C=O) groups excluding carboxylic acids is 1. The lowest BCUT2D eigenvalue weighted by Gasteiger charge is -2.50. The molecule has 0 spiro atoms. The van der Waals surface area contributed by atoms with Crippen molar-refractivity contribution in [1.82, 2.24) is 0 Å². The number of phenolic OH excluding ortho intramolecular Hbond substituents is 1. The van der Waals surface area contributed by atoms with E-state index >= 15 is 0 Å². The maximum absolute atomic E-state index is 12.2. The molecule has 3 heteroatoms. The normalized spacial score (nSPS) is 35.3. The Bertz CT molecular complexity index is 682. The quantitative estimate of drug-likeness (QED) is 0.740. The van der Waals surface area contributed by atoms with E-state index in [2.05, 4.69) is 19.9 Å². The molecule has 0 unspecified atom stereocenters. The van der Waals surface area contributed by atoms with E-state index in [1.54, 1.807) is 0 Å². The molecule has 1 aromatic carbocycles. The molecule has 0 saturated heterocycles. The number of fused-ring (bicyclic) bond motifs is 5. The average molecular weight is 357 g/mol. The number of hydrogen-bond acceptors (Lipinski definition) is 3. The molecular formula is C23H32O3. The summed E-state index contributed by atoms with van der Waals surface area (Å²) in [5, 5.41) is 9.81. The molecule has 2 fully saturated rings. The van der Waals surface area contributed by atoms with Crippen LogP contribution in [0.2, 0.25) is 0 Å². The number of rotatable bonds is 4. The van der Waals surface area contributed by atoms with Gasteiger partial charge in [0.15, 0.2) is 0 Å². The summed E-state index contributed by atoms with van der Waals surface area (Å²) < 4.78 is 5.98. The van der Waals surface area contributed by atoms with E-state index in [9.17, 15) is 9.90 Å². The minimum atomic E-state index is 0.00492. The summed E-state index contributed by atoms with van der Waals surface area (Å²) in [6.07, 6.45) is 9.47. The van der Waals surface area contributed by atoms with Crippen LogP contribution in [0.25, 0.3) is 0 Å². The molecule has 0 aliphatic heterocycles. The largest absolute Gasteiger partial charge is 0.508 e. The highest BCUT2D eigenvalue weighted by Crippen LogP contribution is 2.61. The van der Waals surface area contributed by atoms with Crippen molar-refractivity contribution in [2.45, 2.75) is 83.7 Å². The van der Waals surface area contributed by atoms with Gasteiger partial charge in [-0.2, -0.15) is 0 Å². The molecule has 5 atom stereocenters. The lowest BCUT2D eigenvalue weighted by atomic mass is 9.55. The summed E-state index contributed by atoms with van der Waals surface area (Å²) in [5.41, 5.74) is 2.96. The first-order valence-electron chi connectivity index (χ1n) is 10.5. The summed E-state index contributed by atoms with van der Waals surface area (Å²) in [6.45, 7) is 4.49. The standard InChI is InChI=1S/C23H32O3/c1-3-4-5-22(25)26-21-11-10-20-19-8-6-15-14-16(24)7-9-17(15)18(19)12-13-23(20,21)2/h7,9,14,18-21,24H,3-6,8,10-13H2,1-2H3/t18-,19+,20-,21-,23+/m1/s1. The highest BCUT2D eigenvalue weighted by Gasteiger charge is 2.56. The zero-order chi connectivity index (χ0) is 18.3. The monoisotopic (exact) mass is 356 g/mol. The molecule has 26 heavy (non-hydrogen) atoms. The van der Waals surface area contributed by atoms with Gasteiger partial charge in [-0.05, 0) is 86.0 Å². The third-order valence-corrected chi connectivity index (χ3v) is 7.63. The minimum Gasteiger partial charge on any atom is -0.508 e. The van der Waals surface area contributed by atoms with Gasteiger partial charge in [-0.15, -0.1) is 0 Å². The number of phenols is 1. The van der Waals surface area contributed by atoms with Crippen LogP contribution in [0.4, 0.5) is 0 Å². The molecule has 1 N–H and O–H groups in total. The van der Waals surface area contributed by atoms with E-state index < -0.39 is 0 Å². The summed E-state index contributed by atoms with van der Waals surface area (Å²) in [5.74, 6) is 2.37. The molecule has 3 aliphatic rings. The Kier molecular flexibility index (Phi) is 4.75. The van der Waals surface area contributed by atoms with Gasteiger partial charge in [0.05, 0.1) is 0 Å². The number of aryl methyl sites for hydroxylation is 1. The first-order chi connectivity index (χ1) is 12.5. The van der Waals surface area contributed by atoms with Gasteiger partial charge < -0.3 is 9.84 Å². The molecule has 4 rings (SSSR count). The van der Waals surface area contributed by atoms with Crippen LogP contribution in [-0.2, 0) is 16.0 Å². The van der Waals surface area contributed by atoms with Crippen LogP contribution >= 0.6 is 0 Å². The summed E-state index contributed by atoms with van der Waals surface area (Å²) >= 11 is 0. The first-order valence-corrected chi connectivity index (χ1v) is 10.5. The number of unbranched alkanes of at least 4 members (excludes halogenated alkanes) is 1. The molecule has 1 aromatic rings. The van der Waals surface area contributed by atoms with Crippen LogP contribution in [0.15, 0.2) is 18.2 Å². The fourth-order valence-corrected chi connectivity index (χ4v) is 6.25. The number of ether oxygens (including phenoxy) is 1. The Labute approximate surface area is 157 Å². The third-order valence-electron chi connectivity index (χ3n) is 7.63. The second kappa shape index (κ2) is 6.90. The third kappa shape index (κ3) is 2.93. The molecule has 0 heterocycles. The lowest BCUT2D eigenvalue weighted by Crippen LogP contribution is -2.45. The van der Waals surface area contributed by atoms with E-state index in [0.717, 1.165) is 32.1 Å². The molecular weight excluding hydrogens is 324 g/mol. The van der Waals surface area contributed by atoms with Crippen molar-refractivity contribution in [2.24, 2.45) is 17.3 Å². The highest BCUT2D eigenvalue weighted by atomic mass is 16.5. The summed E-state index contributed by atoms with van der Waals surface area (Å²) in [6, 6.07) is 5.97. The number of carbonyl (C=O) groups is 1. The van der Waals surface area contributed by atoms with Gasteiger partial charge in [-0.1, -0.05) is 26.3 Å². The van der Waals surface area contributed by atoms with Gasteiger partial charge in [-0.3, -0.25) is 4.79 Å². The second-order valence-electron chi connectivity index (χ2n) is 9.00. The van der Waals surface area contributed by atoms with Crippen LogP contribution in [0.3, 0.4) is 0 Å². The molecule has 0 aromatic heterocycles. The number of aromatic hydroxyl groups is 1. The average Bonchev–Trinajstić information content (AvgIpc) is 2.96. The Morgan fingerprint density at radius 1 is 1.27 bits per heavy atom. The van der Waals surface area contributed by atoms with E-state index in [1.807, 2.05) is 12.1 Å². The fraction of sp³-hybridized carbons (Fsp3) is 0.696. The second-order valence-corrected chi connectivity index (χ2v) is 9.00. The van der Waals surface area contributed by atoms with Gasteiger partial charge in [0.25, 0.3) is 0 Å². The maximum atomic E-state index is 12.2. The van der Waals surface area contributed by atoms with Crippen LogP contribution in [0.1, 0.15) is 82.3 Å². The van der Waals surface area contributed by atoms with E-state index in [-0.39, 0.29) is 17.5 Å². The maximum Gasteiger partial charge on any atom is 0.306 e. The summed E-state index contributed by atoms with van der Waals surface area (Å²) in [7, 11) is 0. The minimum absolute atomic E-state index is 0.00492. The SMILES string of the molecule is CCCCC(=O)O[C@@H]1CC[C@@H]2[C@H]3CCc4cc(O)ccc4[C@H]3CC[C@@]21C. The van der Waals surface area contributed by atoms with Gasteiger partial charge >= 0.3 is 5.97 Å². The van der Waals surface area contributed by atoms with Crippen LogP contribution in [-0.4, -0.2) is 17.2 Å². The Hall–Kier alpha value is -1.51. The molecule has 3 nitrogen and oxygen atoms in total. The summed E-state index contributed by atoms with van der Waals surface area (Å²) in [4.78, 5) is 12.2. The molecule has 0 amide bonds. The number of benzene rings is 1. The van der Waals surface area contributed by atoms with E-state index in [0.29, 0.717) is 29.9 Å². The molecule has 0 bridgehead atoms. The Morgan fingerprint density at radius 2 is 2.12 bits per heavy atom. The van der Waals surface area contributed by atoms with E-state index in [4.69, 9.17) is 4.74 Å². The fourth-order valence-electron chi connectivity index (χ4n) is 6.25. The van der Waals surface area contributed by atoms with Gasteiger partial charge in [0, 0.05) is 11.8 Å². The van der Waals surface area contributed by atoms with Crippen LogP contribution in [0, 0.1) is 17.3 Å². The van der Waals surface area contributed by atoms with Crippen molar-refractivity contribution in [3.63, 3.8) is 0 Å². The predicted molar refractivity (Wildman–Crippen MR) is 102 cm³/mol.